The molecule has 2 aliphatic heterocycles. The second-order valence-corrected chi connectivity index (χ2v) is 8.22. The molecule has 1 aliphatic carbocycles. The Morgan fingerprint density at radius 1 is 1.23 bits per heavy atom. The van der Waals surface area contributed by atoms with Gasteiger partial charge in [-0.2, -0.15) is 0 Å². The van der Waals surface area contributed by atoms with Crippen molar-refractivity contribution in [2.24, 2.45) is 23.2 Å². The van der Waals surface area contributed by atoms with Crippen molar-refractivity contribution < 1.29 is 9.53 Å². The molecule has 0 aromatic heterocycles. The van der Waals surface area contributed by atoms with Crippen LogP contribution in [0.5, 0.6) is 0 Å². The molecule has 4 nitrogen and oxygen atoms in total. The van der Waals surface area contributed by atoms with Crippen molar-refractivity contribution >= 4 is 5.91 Å². The highest BCUT2D eigenvalue weighted by Gasteiger charge is 2.47. The average molecular weight is 308 g/mol. The Bertz CT molecular complexity index is 398. The summed E-state index contributed by atoms with van der Waals surface area (Å²) in [7, 11) is 2.23. The molecule has 0 radical (unpaired) electrons. The van der Waals surface area contributed by atoms with E-state index in [1.807, 2.05) is 13.8 Å². The normalized spacial score (nSPS) is 28.7. The van der Waals surface area contributed by atoms with Crippen molar-refractivity contribution in [3.8, 4) is 0 Å². The Hall–Kier alpha value is -0.610. The van der Waals surface area contributed by atoms with Crippen LogP contribution in [0, 0.1) is 23.2 Å². The van der Waals surface area contributed by atoms with Gasteiger partial charge in [0.25, 0.3) is 0 Å². The summed E-state index contributed by atoms with van der Waals surface area (Å²) >= 11 is 0. The van der Waals surface area contributed by atoms with Crippen LogP contribution in [-0.2, 0) is 9.53 Å². The zero-order chi connectivity index (χ0) is 15.7. The number of ether oxygens (including phenoxy) is 1. The number of rotatable bonds is 5. The highest BCUT2D eigenvalue weighted by Crippen LogP contribution is 2.44. The van der Waals surface area contributed by atoms with Gasteiger partial charge in [-0.05, 0) is 44.1 Å². The predicted octanol–water partition coefficient (Wildman–Crippen LogP) is 2.24. The summed E-state index contributed by atoms with van der Waals surface area (Å²) in [5.41, 5.74) is 0.381. The number of likely N-dealkylation sites (tertiary alicyclic amines) is 2. The molecule has 1 saturated carbocycles. The third kappa shape index (κ3) is 3.48. The van der Waals surface area contributed by atoms with E-state index >= 15 is 0 Å². The van der Waals surface area contributed by atoms with Crippen LogP contribution in [0.4, 0.5) is 0 Å². The van der Waals surface area contributed by atoms with Crippen LogP contribution in [-0.4, -0.2) is 62.1 Å². The molecule has 0 aromatic rings. The molecular weight excluding hydrogens is 276 g/mol. The standard InChI is InChI=1S/C18H32N2O2/c1-14(2)17(21)20-8-6-18(7-9-20)13-19(3)10-16(18)12-22-11-15-4-5-15/h14-16H,4-13H2,1-3H3/t16-/m1/s1. The zero-order valence-electron chi connectivity index (χ0n) is 14.5. The Morgan fingerprint density at radius 3 is 2.50 bits per heavy atom. The van der Waals surface area contributed by atoms with Gasteiger partial charge in [0.2, 0.25) is 5.91 Å². The minimum atomic E-state index is 0.123. The first-order valence-corrected chi connectivity index (χ1v) is 9.05. The Kier molecular flexibility index (Phi) is 4.79. The zero-order valence-corrected chi connectivity index (χ0v) is 14.5. The predicted molar refractivity (Wildman–Crippen MR) is 87.6 cm³/mol. The number of carbonyl (C=O) groups is 1. The molecule has 1 amide bonds. The molecule has 3 fully saturated rings. The third-order valence-corrected chi connectivity index (χ3v) is 5.92. The Morgan fingerprint density at radius 2 is 1.91 bits per heavy atom. The largest absolute Gasteiger partial charge is 0.381 e. The molecule has 2 saturated heterocycles. The summed E-state index contributed by atoms with van der Waals surface area (Å²) in [5.74, 6) is 1.94. The average Bonchev–Trinajstić information content (AvgIpc) is 3.25. The monoisotopic (exact) mass is 308 g/mol. The molecule has 3 aliphatic rings. The van der Waals surface area contributed by atoms with E-state index in [1.54, 1.807) is 0 Å². The van der Waals surface area contributed by atoms with E-state index in [0.717, 1.165) is 51.6 Å². The molecule has 22 heavy (non-hydrogen) atoms. The van der Waals surface area contributed by atoms with Gasteiger partial charge in [0, 0.05) is 44.6 Å². The summed E-state index contributed by atoms with van der Waals surface area (Å²) in [6.07, 6.45) is 5.02. The number of piperidine rings is 1. The van der Waals surface area contributed by atoms with Gasteiger partial charge >= 0.3 is 0 Å². The molecule has 3 rings (SSSR count). The summed E-state index contributed by atoms with van der Waals surface area (Å²) in [6.45, 7) is 10.1. The quantitative estimate of drug-likeness (QED) is 0.781. The van der Waals surface area contributed by atoms with Gasteiger partial charge in [0.05, 0.1) is 6.61 Å². The number of nitrogens with zero attached hydrogens (tertiary/aromatic N) is 2. The van der Waals surface area contributed by atoms with Gasteiger partial charge < -0.3 is 14.5 Å². The van der Waals surface area contributed by atoms with Crippen LogP contribution >= 0.6 is 0 Å². The molecule has 0 unspecified atom stereocenters. The minimum Gasteiger partial charge on any atom is -0.381 e. The van der Waals surface area contributed by atoms with Crippen molar-refractivity contribution in [3.63, 3.8) is 0 Å². The van der Waals surface area contributed by atoms with Crippen molar-refractivity contribution in [1.82, 2.24) is 9.80 Å². The van der Waals surface area contributed by atoms with Gasteiger partial charge in [0.1, 0.15) is 0 Å². The first-order valence-electron chi connectivity index (χ1n) is 9.05. The van der Waals surface area contributed by atoms with E-state index < -0.39 is 0 Å². The van der Waals surface area contributed by atoms with Crippen LogP contribution in [0.15, 0.2) is 0 Å². The van der Waals surface area contributed by atoms with Gasteiger partial charge in [-0.15, -0.1) is 0 Å². The second-order valence-electron chi connectivity index (χ2n) is 8.22. The van der Waals surface area contributed by atoms with Crippen molar-refractivity contribution in [2.75, 3.05) is 46.4 Å². The van der Waals surface area contributed by atoms with Crippen molar-refractivity contribution in [3.05, 3.63) is 0 Å². The fourth-order valence-corrected chi connectivity index (χ4v) is 4.30. The van der Waals surface area contributed by atoms with Crippen LogP contribution in [0.25, 0.3) is 0 Å². The van der Waals surface area contributed by atoms with E-state index in [0.29, 0.717) is 17.2 Å². The topological polar surface area (TPSA) is 32.8 Å². The molecule has 0 aromatic carbocycles. The van der Waals surface area contributed by atoms with Crippen LogP contribution < -0.4 is 0 Å². The molecule has 126 valence electrons. The number of hydrogen-bond donors (Lipinski definition) is 0. The highest BCUT2D eigenvalue weighted by molar-refractivity contribution is 5.78. The maximum Gasteiger partial charge on any atom is 0.225 e. The number of carbonyl (C=O) groups excluding carboxylic acids is 1. The molecule has 1 atom stereocenters. The Balaban J connectivity index is 1.55. The fourth-order valence-electron chi connectivity index (χ4n) is 4.30. The first kappa shape index (κ1) is 16.3. The molecule has 0 N–H and O–H groups in total. The third-order valence-electron chi connectivity index (χ3n) is 5.92. The van der Waals surface area contributed by atoms with Gasteiger partial charge in [-0.25, -0.2) is 0 Å². The summed E-state index contributed by atoms with van der Waals surface area (Å²) in [5, 5.41) is 0. The SMILES string of the molecule is CC(C)C(=O)N1CCC2(CC1)CN(C)C[C@@H]2COCC1CC1. The second kappa shape index (κ2) is 6.48. The molecular formula is C18H32N2O2. The maximum absolute atomic E-state index is 12.2. The molecule has 1 spiro atoms. The highest BCUT2D eigenvalue weighted by atomic mass is 16.5. The molecule has 0 bridgehead atoms. The maximum atomic E-state index is 12.2. The lowest BCUT2D eigenvalue weighted by Gasteiger charge is -2.43. The minimum absolute atomic E-state index is 0.123. The fraction of sp³-hybridized carbons (Fsp3) is 0.944. The number of amides is 1. The van der Waals surface area contributed by atoms with E-state index in [-0.39, 0.29) is 5.92 Å². The van der Waals surface area contributed by atoms with Crippen molar-refractivity contribution in [2.45, 2.75) is 39.5 Å². The molecule has 4 heteroatoms. The summed E-state index contributed by atoms with van der Waals surface area (Å²) in [6, 6.07) is 0. The van der Waals surface area contributed by atoms with Crippen LogP contribution in [0.2, 0.25) is 0 Å². The van der Waals surface area contributed by atoms with E-state index in [4.69, 9.17) is 4.74 Å². The van der Waals surface area contributed by atoms with Gasteiger partial charge in [0.15, 0.2) is 0 Å². The van der Waals surface area contributed by atoms with E-state index in [2.05, 4.69) is 16.8 Å². The number of hydrogen-bond acceptors (Lipinski definition) is 3. The van der Waals surface area contributed by atoms with Gasteiger partial charge in [-0.1, -0.05) is 13.8 Å². The van der Waals surface area contributed by atoms with E-state index in [1.165, 1.54) is 19.4 Å². The lowest BCUT2D eigenvalue weighted by molar-refractivity contribution is -0.137. The van der Waals surface area contributed by atoms with E-state index in [9.17, 15) is 4.79 Å². The lowest BCUT2D eigenvalue weighted by atomic mass is 9.71. The first-order chi connectivity index (χ1) is 10.5. The summed E-state index contributed by atoms with van der Waals surface area (Å²) in [4.78, 5) is 16.7. The van der Waals surface area contributed by atoms with Crippen LogP contribution in [0.3, 0.4) is 0 Å². The summed E-state index contributed by atoms with van der Waals surface area (Å²) < 4.78 is 6.02. The van der Waals surface area contributed by atoms with Crippen molar-refractivity contribution in [1.29, 1.82) is 0 Å². The van der Waals surface area contributed by atoms with Gasteiger partial charge in [-0.3, -0.25) is 4.79 Å². The smallest absolute Gasteiger partial charge is 0.225 e. The lowest BCUT2D eigenvalue weighted by Crippen LogP contribution is -2.48. The van der Waals surface area contributed by atoms with Crippen LogP contribution in [0.1, 0.15) is 39.5 Å². The Labute approximate surface area is 135 Å². The molecule has 2 heterocycles.